The molecular formula is C19H23N3O. The Hall–Kier alpha value is -2.54. The molecule has 0 unspecified atom stereocenters. The Balaban J connectivity index is 2.33. The zero-order valence-electron chi connectivity index (χ0n) is 14.0. The highest BCUT2D eigenvalue weighted by atomic mass is 16.1. The maximum absolute atomic E-state index is 12.5. The van der Waals surface area contributed by atoms with Gasteiger partial charge in [0.1, 0.15) is 11.8 Å². The SMILES string of the molecule is CCCCCNC(=O)c1c(C#N)ccn1-c1ccc(C)cc1C. The Morgan fingerprint density at radius 3 is 2.70 bits per heavy atom. The average Bonchev–Trinajstić information content (AvgIpc) is 2.95. The minimum absolute atomic E-state index is 0.192. The fraction of sp³-hybridized carbons (Fsp3) is 0.368. The topological polar surface area (TPSA) is 57.8 Å². The first-order valence-corrected chi connectivity index (χ1v) is 8.05. The quantitative estimate of drug-likeness (QED) is 0.823. The van der Waals surface area contributed by atoms with E-state index in [1.807, 2.05) is 30.5 Å². The largest absolute Gasteiger partial charge is 0.351 e. The van der Waals surface area contributed by atoms with Gasteiger partial charge in [0.05, 0.1) is 5.56 Å². The lowest BCUT2D eigenvalue weighted by molar-refractivity contribution is 0.0946. The molecule has 1 aromatic carbocycles. The van der Waals surface area contributed by atoms with E-state index in [2.05, 4.69) is 24.4 Å². The summed E-state index contributed by atoms with van der Waals surface area (Å²) in [4.78, 5) is 12.5. The van der Waals surface area contributed by atoms with Crippen LogP contribution in [0.15, 0.2) is 30.5 Å². The molecule has 120 valence electrons. The molecule has 0 aliphatic carbocycles. The van der Waals surface area contributed by atoms with E-state index in [0.717, 1.165) is 30.5 Å². The number of aryl methyl sites for hydroxylation is 2. The summed E-state index contributed by atoms with van der Waals surface area (Å²) in [6.07, 6.45) is 4.94. The Bertz CT molecular complexity index is 738. The lowest BCUT2D eigenvalue weighted by atomic mass is 10.1. The first-order valence-electron chi connectivity index (χ1n) is 8.05. The zero-order valence-corrected chi connectivity index (χ0v) is 14.0. The molecule has 1 aromatic heterocycles. The second-order valence-electron chi connectivity index (χ2n) is 5.81. The van der Waals surface area contributed by atoms with Gasteiger partial charge < -0.3 is 9.88 Å². The van der Waals surface area contributed by atoms with Gasteiger partial charge in [-0.3, -0.25) is 4.79 Å². The normalized spacial score (nSPS) is 10.3. The fourth-order valence-corrected chi connectivity index (χ4v) is 2.69. The molecule has 0 fully saturated rings. The van der Waals surface area contributed by atoms with Gasteiger partial charge in [-0.05, 0) is 38.0 Å². The number of nitrogens with zero attached hydrogens (tertiary/aromatic N) is 2. The molecule has 0 aliphatic rings. The molecule has 2 rings (SSSR count). The second-order valence-corrected chi connectivity index (χ2v) is 5.81. The standard InChI is InChI=1S/C19H23N3O/c1-4-5-6-10-21-19(23)18-16(13-20)9-11-22(18)17-8-7-14(2)12-15(17)3/h7-9,11-12H,4-6,10H2,1-3H3,(H,21,23). The lowest BCUT2D eigenvalue weighted by Gasteiger charge is -2.13. The summed E-state index contributed by atoms with van der Waals surface area (Å²) >= 11 is 0. The van der Waals surface area contributed by atoms with Crippen LogP contribution in [0.25, 0.3) is 5.69 Å². The Morgan fingerprint density at radius 2 is 2.04 bits per heavy atom. The van der Waals surface area contributed by atoms with Crippen molar-refractivity contribution in [3.8, 4) is 11.8 Å². The van der Waals surface area contributed by atoms with Crippen molar-refractivity contribution < 1.29 is 4.79 Å². The molecule has 23 heavy (non-hydrogen) atoms. The minimum Gasteiger partial charge on any atom is -0.351 e. The third-order valence-electron chi connectivity index (χ3n) is 3.90. The van der Waals surface area contributed by atoms with Crippen LogP contribution in [0.5, 0.6) is 0 Å². The van der Waals surface area contributed by atoms with Crippen molar-refractivity contribution in [2.45, 2.75) is 40.0 Å². The van der Waals surface area contributed by atoms with Gasteiger partial charge in [0.25, 0.3) is 5.91 Å². The highest BCUT2D eigenvalue weighted by molar-refractivity contribution is 5.96. The molecule has 1 amide bonds. The Morgan fingerprint density at radius 1 is 1.26 bits per heavy atom. The van der Waals surface area contributed by atoms with Gasteiger partial charge in [0, 0.05) is 18.4 Å². The highest BCUT2D eigenvalue weighted by Gasteiger charge is 2.18. The number of benzene rings is 1. The van der Waals surface area contributed by atoms with Gasteiger partial charge in [-0.1, -0.05) is 37.5 Å². The maximum Gasteiger partial charge on any atom is 0.269 e. The summed E-state index contributed by atoms with van der Waals surface area (Å²) in [6, 6.07) is 9.88. The van der Waals surface area contributed by atoms with Crippen molar-refractivity contribution in [1.82, 2.24) is 9.88 Å². The van der Waals surface area contributed by atoms with E-state index in [1.165, 1.54) is 5.56 Å². The van der Waals surface area contributed by atoms with E-state index in [-0.39, 0.29) is 5.91 Å². The van der Waals surface area contributed by atoms with Crippen molar-refractivity contribution in [3.63, 3.8) is 0 Å². The van der Waals surface area contributed by atoms with E-state index in [0.29, 0.717) is 17.8 Å². The molecule has 0 aliphatic heterocycles. The van der Waals surface area contributed by atoms with E-state index in [9.17, 15) is 10.1 Å². The van der Waals surface area contributed by atoms with E-state index in [1.54, 1.807) is 12.3 Å². The number of carbonyl (C=O) groups excluding carboxylic acids is 1. The third kappa shape index (κ3) is 3.81. The van der Waals surface area contributed by atoms with Crippen LogP contribution in [0, 0.1) is 25.2 Å². The van der Waals surface area contributed by atoms with Crippen molar-refractivity contribution in [3.05, 3.63) is 52.8 Å². The summed E-state index contributed by atoms with van der Waals surface area (Å²) in [7, 11) is 0. The summed E-state index contributed by atoms with van der Waals surface area (Å²) < 4.78 is 1.81. The summed E-state index contributed by atoms with van der Waals surface area (Å²) in [6.45, 7) is 6.81. The monoisotopic (exact) mass is 309 g/mol. The predicted molar refractivity (Wildman–Crippen MR) is 91.8 cm³/mol. The van der Waals surface area contributed by atoms with Gasteiger partial charge in [-0.25, -0.2) is 0 Å². The average molecular weight is 309 g/mol. The molecule has 1 N–H and O–H groups in total. The van der Waals surface area contributed by atoms with Crippen molar-refractivity contribution in [2.24, 2.45) is 0 Å². The van der Waals surface area contributed by atoms with Crippen LogP contribution in [0.4, 0.5) is 0 Å². The number of carbonyl (C=O) groups is 1. The Labute approximate surface area is 137 Å². The second kappa shape index (κ2) is 7.64. The molecular weight excluding hydrogens is 286 g/mol. The van der Waals surface area contributed by atoms with E-state index >= 15 is 0 Å². The number of nitrogens with one attached hydrogen (secondary N) is 1. The molecule has 0 saturated heterocycles. The highest BCUT2D eigenvalue weighted by Crippen LogP contribution is 2.21. The van der Waals surface area contributed by atoms with Gasteiger partial charge in [0.15, 0.2) is 0 Å². The molecule has 0 bridgehead atoms. The number of amides is 1. The predicted octanol–water partition coefficient (Wildman–Crippen LogP) is 3.89. The number of aromatic nitrogens is 1. The molecule has 2 aromatic rings. The van der Waals surface area contributed by atoms with Crippen LogP contribution in [-0.2, 0) is 0 Å². The number of rotatable bonds is 6. The molecule has 0 atom stereocenters. The van der Waals surface area contributed by atoms with Crippen LogP contribution in [0.2, 0.25) is 0 Å². The first-order chi connectivity index (χ1) is 11.1. The molecule has 4 nitrogen and oxygen atoms in total. The van der Waals surface area contributed by atoms with Crippen LogP contribution in [0.3, 0.4) is 0 Å². The molecule has 1 heterocycles. The van der Waals surface area contributed by atoms with Gasteiger partial charge in [0.2, 0.25) is 0 Å². The molecule has 0 saturated carbocycles. The fourth-order valence-electron chi connectivity index (χ4n) is 2.69. The Kier molecular flexibility index (Phi) is 5.59. The van der Waals surface area contributed by atoms with Crippen LogP contribution >= 0.6 is 0 Å². The summed E-state index contributed by atoms with van der Waals surface area (Å²) in [5, 5.41) is 12.2. The van der Waals surface area contributed by atoms with Gasteiger partial charge in [-0.2, -0.15) is 5.26 Å². The first kappa shape index (κ1) is 16.8. The van der Waals surface area contributed by atoms with Crippen LogP contribution < -0.4 is 5.32 Å². The van der Waals surface area contributed by atoms with E-state index in [4.69, 9.17) is 0 Å². The number of hydrogen-bond acceptors (Lipinski definition) is 2. The van der Waals surface area contributed by atoms with Crippen molar-refractivity contribution in [1.29, 1.82) is 5.26 Å². The van der Waals surface area contributed by atoms with Gasteiger partial charge >= 0.3 is 0 Å². The number of nitriles is 1. The van der Waals surface area contributed by atoms with E-state index < -0.39 is 0 Å². The minimum atomic E-state index is -0.192. The van der Waals surface area contributed by atoms with Crippen LogP contribution in [-0.4, -0.2) is 17.0 Å². The van der Waals surface area contributed by atoms with Crippen LogP contribution in [0.1, 0.15) is 53.4 Å². The van der Waals surface area contributed by atoms with Crippen molar-refractivity contribution in [2.75, 3.05) is 6.54 Å². The zero-order chi connectivity index (χ0) is 16.8. The molecule has 0 radical (unpaired) electrons. The smallest absolute Gasteiger partial charge is 0.269 e. The number of hydrogen-bond donors (Lipinski definition) is 1. The maximum atomic E-state index is 12.5. The lowest BCUT2D eigenvalue weighted by Crippen LogP contribution is -2.27. The molecule has 4 heteroatoms. The third-order valence-corrected chi connectivity index (χ3v) is 3.90. The van der Waals surface area contributed by atoms with Gasteiger partial charge in [-0.15, -0.1) is 0 Å². The summed E-state index contributed by atoms with van der Waals surface area (Å²) in [5.74, 6) is -0.192. The molecule has 0 spiro atoms. The summed E-state index contributed by atoms with van der Waals surface area (Å²) in [5.41, 5.74) is 3.99. The van der Waals surface area contributed by atoms with Crippen molar-refractivity contribution >= 4 is 5.91 Å². The number of unbranched alkanes of at least 4 members (excludes halogenated alkanes) is 2.